The summed E-state index contributed by atoms with van der Waals surface area (Å²) < 4.78 is 13.6. The summed E-state index contributed by atoms with van der Waals surface area (Å²) in [5.41, 5.74) is 6.89. The highest BCUT2D eigenvalue weighted by molar-refractivity contribution is 5.38. The molecule has 102 valence electrons. The van der Waals surface area contributed by atoms with Crippen LogP contribution in [0.15, 0.2) is 18.2 Å². The van der Waals surface area contributed by atoms with Crippen molar-refractivity contribution in [2.75, 3.05) is 19.6 Å². The molecule has 1 aliphatic rings. The molecule has 0 radical (unpaired) electrons. The molecule has 1 fully saturated rings. The average molecular weight is 260 g/mol. The van der Waals surface area contributed by atoms with Crippen molar-refractivity contribution in [3.8, 4) is 11.8 Å². The van der Waals surface area contributed by atoms with Gasteiger partial charge in [-0.2, -0.15) is 0 Å². The SMILES string of the molecule is CCN(Cc1ccc(F)c(C#CCN)c1)CC1CC1. The molecular formula is C16H21FN2. The zero-order valence-corrected chi connectivity index (χ0v) is 11.5. The highest BCUT2D eigenvalue weighted by atomic mass is 19.1. The Morgan fingerprint density at radius 2 is 2.21 bits per heavy atom. The Morgan fingerprint density at radius 1 is 1.42 bits per heavy atom. The van der Waals surface area contributed by atoms with Crippen LogP contribution in [-0.2, 0) is 6.54 Å². The second kappa shape index (κ2) is 6.70. The smallest absolute Gasteiger partial charge is 0.138 e. The molecule has 3 heteroatoms. The third-order valence-electron chi connectivity index (χ3n) is 3.42. The minimum Gasteiger partial charge on any atom is -0.320 e. The van der Waals surface area contributed by atoms with Crippen LogP contribution >= 0.6 is 0 Å². The maximum atomic E-state index is 13.6. The first kappa shape index (κ1) is 14.0. The number of halogens is 1. The molecule has 0 saturated heterocycles. The van der Waals surface area contributed by atoms with E-state index in [1.807, 2.05) is 12.1 Å². The van der Waals surface area contributed by atoms with E-state index in [1.54, 1.807) is 0 Å². The Balaban J connectivity index is 2.06. The predicted octanol–water partition coefficient (Wildman–Crippen LogP) is 2.37. The van der Waals surface area contributed by atoms with Crippen LogP contribution in [0.25, 0.3) is 0 Å². The van der Waals surface area contributed by atoms with Crippen molar-refractivity contribution < 1.29 is 4.39 Å². The second-order valence-corrected chi connectivity index (χ2v) is 5.09. The van der Waals surface area contributed by atoms with Crippen LogP contribution in [0.3, 0.4) is 0 Å². The van der Waals surface area contributed by atoms with E-state index in [4.69, 9.17) is 5.73 Å². The van der Waals surface area contributed by atoms with Crippen molar-refractivity contribution >= 4 is 0 Å². The van der Waals surface area contributed by atoms with Crippen LogP contribution in [0.1, 0.15) is 30.9 Å². The van der Waals surface area contributed by atoms with Crippen LogP contribution in [-0.4, -0.2) is 24.5 Å². The van der Waals surface area contributed by atoms with Gasteiger partial charge < -0.3 is 5.73 Å². The summed E-state index contributed by atoms with van der Waals surface area (Å²) in [6, 6.07) is 5.19. The van der Waals surface area contributed by atoms with E-state index < -0.39 is 0 Å². The quantitative estimate of drug-likeness (QED) is 0.824. The van der Waals surface area contributed by atoms with Crippen LogP contribution in [0.2, 0.25) is 0 Å². The number of hydrogen-bond acceptors (Lipinski definition) is 2. The maximum absolute atomic E-state index is 13.6. The van der Waals surface area contributed by atoms with Crippen molar-refractivity contribution in [3.05, 3.63) is 35.1 Å². The number of hydrogen-bond donors (Lipinski definition) is 1. The predicted molar refractivity (Wildman–Crippen MR) is 76.0 cm³/mol. The molecule has 0 amide bonds. The molecule has 0 unspecified atom stereocenters. The first-order valence-corrected chi connectivity index (χ1v) is 6.92. The summed E-state index contributed by atoms with van der Waals surface area (Å²) in [5, 5.41) is 0. The molecule has 1 aromatic carbocycles. The van der Waals surface area contributed by atoms with E-state index in [2.05, 4.69) is 23.7 Å². The van der Waals surface area contributed by atoms with Crippen molar-refractivity contribution in [2.45, 2.75) is 26.3 Å². The molecule has 0 heterocycles. The van der Waals surface area contributed by atoms with E-state index >= 15 is 0 Å². The lowest BCUT2D eigenvalue weighted by Gasteiger charge is -2.20. The Labute approximate surface area is 114 Å². The van der Waals surface area contributed by atoms with Gasteiger partial charge in [0.05, 0.1) is 12.1 Å². The third-order valence-corrected chi connectivity index (χ3v) is 3.42. The molecule has 0 aromatic heterocycles. The van der Waals surface area contributed by atoms with Gasteiger partial charge in [-0.3, -0.25) is 4.90 Å². The topological polar surface area (TPSA) is 29.3 Å². The number of rotatable bonds is 5. The van der Waals surface area contributed by atoms with E-state index in [-0.39, 0.29) is 12.4 Å². The van der Waals surface area contributed by atoms with E-state index in [0.717, 1.165) is 31.1 Å². The first-order valence-electron chi connectivity index (χ1n) is 6.92. The lowest BCUT2D eigenvalue weighted by atomic mass is 10.1. The highest BCUT2D eigenvalue weighted by Gasteiger charge is 2.23. The molecule has 19 heavy (non-hydrogen) atoms. The average Bonchev–Trinajstić information content (AvgIpc) is 3.22. The highest BCUT2D eigenvalue weighted by Crippen LogP contribution is 2.30. The van der Waals surface area contributed by atoms with E-state index in [0.29, 0.717) is 5.56 Å². The van der Waals surface area contributed by atoms with Crippen LogP contribution in [0, 0.1) is 23.6 Å². The fraction of sp³-hybridized carbons (Fsp3) is 0.500. The molecule has 1 saturated carbocycles. The monoisotopic (exact) mass is 260 g/mol. The zero-order chi connectivity index (χ0) is 13.7. The van der Waals surface area contributed by atoms with E-state index in [9.17, 15) is 4.39 Å². The molecule has 0 aliphatic heterocycles. The summed E-state index contributed by atoms with van der Waals surface area (Å²) in [6.07, 6.45) is 2.71. The molecule has 0 spiro atoms. The minimum absolute atomic E-state index is 0.256. The number of nitrogens with zero attached hydrogens (tertiary/aromatic N) is 1. The van der Waals surface area contributed by atoms with Gasteiger partial charge in [-0.15, -0.1) is 0 Å². The van der Waals surface area contributed by atoms with Crippen molar-refractivity contribution in [1.29, 1.82) is 0 Å². The van der Waals surface area contributed by atoms with Gasteiger partial charge in [-0.1, -0.05) is 24.8 Å². The minimum atomic E-state index is -0.269. The van der Waals surface area contributed by atoms with Crippen LogP contribution in [0.5, 0.6) is 0 Å². The van der Waals surface area contributed by atoms with Gasteiger partial charge in [-0.25, -0.2) is 4.39 Å². The summed E-state index contributed by atoms with van der Waals surface area (Å²) >= 11 is 0. The maximum Gasteiger partial charge on any atom is 0.138 e. The standard InChI is InChI=1S/C16H21FN2/c1-2-19(11-13-5-6-13)12-14-7-8-16(17)15(10-14)4-3-9-18/h7-8,10,13H,2,5-6,9,11-12,18H2,1H3. The van der Waals surface area contributed by atoms with Gasteiger partial charge in [0.25, 0.3) is 0 Å². The molecule has 0 bridgehead atoms. The van der Waals surface area contributed by atoms with E-state index in [1.165, 1.54) is 18.9 Å². The molecule has 2 N–H and O–H groups in total. The normalized spacial score (nSPS) is 14.3. The Hall–Kier alpha value is -1.37. The van der Waals surface area contributed by atoms with Gasteiger partial charge in [-0.05, 0) is 43.0 Å². The molecule has 2 nitrogen and oxygen atoms in total. The number of nitrogens with two attached hydrogens (primary N) is 1. The summed E-state index contributed by atoms with van der Waals surface area (Å²) in [5.74, 6) is 6.10. The third kappa shape index (κ3) is 4.34. The van der Waals surface area contributed by atoms with Crippen molar-refractivity contribution in [2.24, 2.45) is 11.7 Å². The Bertz CT molecular complexity index is 483. The van der Waals surface area contributed by atoms with Crippen LogP contribution < -0.4 is 5.73 Å². The Morgan fingerprint density at radius 3 is 2.84 bits per heavy atom. The number of benzene rings is 1. The summed E-state index contributed by atoms with van der Waals surface area (Å²) in [7, 11) is 0. The lowest BCUT2D eigenvalue weighted by molar-refractivity contribution is 0.268. The van der Waals surface area contributed by atoms with Gasteiger partial charge in [0, 0.05) is 13.1 Å². The first-order chi connectivity index (χ1) is 9.22. The fourth-order valence-electron chi connectivity index (χ4n) is 2.14. The fourth-order valence-corrected chi connectivity index (χ4v) is 2.14. The molecular weight excluding hydrogens is 239 g/mol. The molecule has 0 atom stereocenters. The summed E-state index contributed by atoms with van der Waals surface area (Å²) in [6.45, 7) is 5.47. The zero-order valence-electron chi connectivity index (χ0n) is 11.5. The Kier molecular flexibility index (Phi) is 4.95. The van der Waals surface area contributed by atoms with Gasteiger partial charge in [0.1, 0.15) is 5.82 Å². The molecule has 1 aromatic rings. The largest absolute Gasteiger partial charge is 0.320 e. The van der Waals surface area contributed by atoms with Gasteiger partial charge in [0.2, 0.25) is 0 Å². The van der Waals surface area contributed by atoms with Gasteiger partial charge in [0.15, 0.2) is 0 Å². The molecule has 2 rings (SSSR count). The van der Waals surface area contributed by atoms with Crippen molar-refractivity contribution in [1.82, 2.24) is 4.90 Å². The van der Waals surface area contributed by atoms with Gasteiger partial charge >= 0.3 is 0 Å². The van der Waals surface area contributed by atoms with Crippen molar-refractivity contribution in [3.63, 3.8) is 0 Å². The molecule has 1 aliphatic carbocycles. The summed E-state index contributed by atoms with van der Waals surface area (Å²) in [4.78, 5) is 2.41. The lowest BCUT2D eigenvalue weighted by Crippen LogP contribution is -2.25. The van der Waals surface area contributed by atoms with Crippen LogP contribution in [0.4, 0.5) is 4.39 Å². The second-order valence-electron chi connectivity index (χ2n) is 5.09.